The Morgan fingerprint density at radius 2 is 2.12 bits per heavy atom. The van der Waals surface area contributed by atoms with Crippen LogP contribution in [0.1, 0.15) is 6.92 Å². The van der Waals surface area contributed by atoms with E-state index in [2.05, 4.69) is 0 Å². The number of hydrogen-bond acceptors (Lipinski definition) is 3. The van der Waals surface area contributed by atoms with Crippen LogP contribution in [-0.4, -0.2) is 25.7 Å². The fourth-order valence-corrected chi connectivity index (χ4v) is 1.45. The highest BCUT2D eigenvalue weighted by atomic mass is 16.5. The second-order valence-corrected chi connectivity index (χ2v) is 3.60. The van der Waals surface area contributed by atoms with Crippen LogP contribution in [0.4, 0.5) is 10.5 Å². The van der Waals surface area contributed by atoms with Crippen LogP contribution in [0.5, 0.6) is 5.75 Å². The molecule has 4 N–H and O–H groups in total. The van der Waals surface area contributed by atoms with Crippen molar-refractivity contribution in [2.45, 2.75) is 13.0 Å². The monoisotopic (exact) mass is 223 g/mol. The average Bonchev–Trinajstić information content (AvgIpc) is 2.25. The van der Waals surface area contributed by atoms with Gasteiger partial charge < -0.3 is 16.2 Å². The molecule has 0 bridgehead atoms. The first-order valence-corrected chi connectivity index (χ1v) is 5.01. The predicted octanol–water partition coefficient (Wildman–Crippen LogP) is 0.928. The van der Waals surface area contributed by atoms with Gasteiger partial charge in [-0.25, -0.2) is 4.79 Å². The molecular weight excluding hydrogens is 206 g/mol. The van der Waals surface area contributed by atoms with Gasteiger partial charge in [-0.1, -0.05) is 12.1 Å². The summed E-state index contributed by atoms with van der Waals surface area (Å²) in [6, 6.07) is 6.49. The molecule has 0 saturated carbocycles. The molecule has 1 rings (SSSR count). The highest BCUT2D eigenvalue weighted by Gasteiger charge is 2.17. The van der Waals surface area contributed by atoms with E-state index in [1.54, 1.807) is 19.2 Å². The van der Waals surface area contributed by atoms with Crippen LogP contribution in [-0.2, 0) is 0 Å². The number of carbonyl (C=O) groups is 1. The number of hydrogen-bond donors (Lipinski definition) is 2. The summed E-state index contributed by atoms with van der Waals surface area (Å²) < 4.78 is 5.17. The van der Waals surface area contributed by atoms with Crippen molar-refractivity contribution >= 4 is 11.7 Å². The molecule has 0 aliphatic rings. The number of nitrogens with two attached hydrogens (primary N) is 2. The quantitative estimate of drug-likeness (QED) is 0.796. The Morgan fingerprint density at radius 3 is 2.62 bits per heavy atom. The minimum Gasteiger partial charge on any atom is -0.495 e. The lowest BCUT2D eigenvalue weighted by atomic mass is 10.2. The van der Waals surface area contributed by atoms with Crippen molar-refractivity contribution < 1.29 is 9.53 Å². The molecule has 88 valence electrons. The van der Waals surface area contributed by atoms with Crippen LogP contribution in [0, 0.1) is 0 Å². The standard InChI is InChI=1S/C11H17N3O2/c1-8(12)7-14(11(13)15)9-5-3-4-6-10(9)16-2/h3-6,8H,7,12H2,1-2H3,(H2,13,15). The molecular formula is C11H17N3O2. The Morgan fingerprint density at radius 1 is 1.50 bits per heavy atom. The van der Waals surface area contributed by atoms with Crippen molar-refractivity contribution in [3.63, 3.8) is 0 Å². The maximum atomic E-state index is 11.3. The number of rotatable bonds is 4. The lowest BCUT2D eigenvalue weighted by Crippen LogP contribution is -2.43. The molecule has 0 heterocycles. The first-order chi connectivity index (χ1) is 7.56. The van der Waals surface area contributed by atoms with E-state index in [0.717, 1.165) is 0 Å². The Labute approximate surface area is 95.0 Å². The minimum atomic E-state index is -0.540. The molecule has 1 aromatic carbocycles. The van der Waals surface area contributed by atoms with E-state index in [1.165, 1.54) is 4.90 Å². The maximum absolute atomic E-state index is 11.3. The second-order valence-electron chi connectivity index (χ2n) is 3.60. The number of anilines is 1. The third-order valence-electron chi connectivity index (χ3n) is 2.11. The molecule has 0 aromatic heterocycles. The summed E-state index contributed by atoms with van der Waals surface area (Å²) >= 11 is 0. The number of ether oxygens (including phenoxy) is 1. The van der Waals surface area contributed by atoms with Gasteiger partial charge >= 0.3 is 6.03 Å². The Bertz CT molecular complexity index is 366. The topological polar surface area (TPSA) is 81.6 Å². The van der Waals surface area contributed by atoms with E-state index in [4.69, 9.17) is 16.2 Å². The molecule has 0 saturated heterocycles. The van der Waals surface area contributed by atoms with E-state index in [1.807, 2.05) is 19.1 Å². The smallest absolute Gasteiger partial charge is 0.319 e. The number of nitrogens with zero attached hydrogens (tertiary/aromatic N) is 1. The largest absolute Gasteiger partial charge is 0.495 e. The van der Waals surface area contributed by atoms with Crippen LogP contribution in [0.15, 0.2) is 24.3 Å². The van der Waals surface area contributed by atoms with E-state index in [0.29, 0.717) is 18.0 Å². The summed E-state index contributed by atoms with van der Waals surface area (Å²) in [5, 5.41) is 0. The average molecular weight is 223 g/mol. The van der Waals surface area contributed by atoms with Crippen molar-refractivity contribution in [1.82, 2.24) is 0 Å². The van der Waals surface area contributed by atoms with Gasteiger partial charge in [0.1, 0.15) is 5.75 Å². The van der Waals surface area contributed by atoms with Gasteiger partial charge in [0.2, 0.25) is 0 Å². The van der Waals surface area contributed by atoms with Gasteiger partial charge in [-0.2, -0.15) is 0 Å². The zero-order chi connectivity index (χ0) is 12.1. The summed E-state index contributed by atoms with van der Waals surface area (Å²) in [4.78, 5) is 12.7. The first kappa shape index (κ1) is 12.3. The second kappa shape index (κ2) is 5.37. The summed E-state index contributed by atoms with van der Waals surface area (Å²) in [6.45, 7) is 2.17. The Kier molecular flexibility index (Phi) is 4.13. The Hall–Kier alpha value is -1.75. The molecule has 1 aromatic rings. The van der Waals surface area contributed by atoms with Crippen LogP contribution < -0.4 is 21.1 Å². The van der Waals surface area contributed by atoms with Crippen LogP contribution in [0.2, 0.25) is 0 Å². The number of benzene rings is 1. The fourth-order valence-electron chi connectivity index (χ4n) is 1.45. The van der Waals surface area contributed by atoms with Gasteiger partial charge in [0, 0.05) is 12.6 Å². The van der Waals surface area contributed by atoms with E-state index >= 15 is 0 Å². The van der Waals surface area contributed by atoms with Crippen molar-refractivity contribution in [3.05, 3.63) is 24.3 Å². The van der Waals surface area contributed by atoms with Gasteiger partial charge in [-0.3, -0.25) is 4.90 Å². The van der Waals surface area contributed by atoms with E-state index in [9.17, 15) is 4.79 Å². The highest BCUT2D eigenvalue weighted by molar-refractivity contribution is 5.92. The van der Waals surface area contributed by atoms with Crippen molar-refractivity contribution in [2.24, 2.45) is 11.5 Å². The normalized spacial score (nSPS) is 11.9. The molecule has 5 heteroatoms. The summed E-state index contributed by atoms with van der Waals surface area (Å²) in [5.41, 5.74) is 11.6. The molecule has 0 aliphatic heterocycles. The molecule has 1 atom stereocenters. The van der Waals surface area contributed by atoms with Gasteiger partial charge in [-0.05, 0) is 19.1 Å². The molecule has 1 unspecified atom stereocenters. The van der Waals surface area contributed by atoms with E-state index in [-0.39, 0.29) is 6.04 Å². The van der Waals surface area contributed by atoms with Crippen molar-refractivity contribution in [1.29, 1.82) is 0 Å². The number of primary amides is 1. The molecule has 0 aliphatic carbocycles. The SMILES string of the molecule is COc1ccccc1N(CC(C)N)C(N)=O. The summed E-state index contributed by atoms with van der Waals surface area (Å²) in [6.07, 6.45) is 0. The first-order valence-electron chi connectivity index (χ1n) is 5.01. The van der Waals surface area contributed by atoms with Crippen LogP contribution >= 0.6 is 0 Å². The molecule has 0 spiro atoms. The lowest BCUT2D eigenvalue weighted by Gasteiger charge is -2.24. The lowest BCUT2D eigenvalue weighted by molar-refractivity contribution is 0.253. The molecule has 5 nitrogen and oxygen atoms in total. The van der Waals surface area contributed by atoms with Crippen LogP contribution in [0.25, 0.3) is 0 Å². The molecule has 16 heavy (non-hydrogen) atoms. The van der Waals surface area contributed by atoms with Gasteiger partial charge in [-0.15, -0.1) is 0 Å². The fraction of sp³-hybridized carbons (Fsp3) is 0.364. The Balaban J connectivity index is 3.05. The zero-order valence-corrected chi connectivity index (χ0v) is 9.51. The molecule has 0 fully saturated rings. The van der Waals surface area contributed by atoms with Gasteiger partial charge in [0.15, 0.2) is 0 Å². The molecule has 2 amide bonds. The maximum Gasteiger partial charge on any atom is 0.319 e. The third kappa shape index (κ3) is 2.87. The number of methoxy groups -OCH3 is 1. The third-order valence-corrected chi connectivity index (χ3v) is 2.11. The van der Waals surface area contributed by atoms with Crippen LogP contribution in [0.3, 0.4) is 0 Å². The summed E-state index contributed by atoms with van der Waals surface area (Å²) in [7, 11) is 1.55. The minimum absolute atomic E-state index is 0.155. The highest BCUT2D eigenvalue weighted by Crippen LogP contribution is 2.27. The number of para-hydroxylation sites is 2. The number of carbonyl (C=O) groups excluding carboxylic acids is 1. The van der Waals surface area contributed by atoms with Crippen molar-refractivity contribution in [2.75, 3.05) is 18.6 Å². The van der Waals surface area contributed by atoms with Gasteiger partial charge in [0.05, 0.1) is 12.8 Å². The number of urea groups is 1. The number of amides is 2. The van der Waals surface area contributed by atoms with Crippen molar-refractivity contribution in [3.8, 4) is 5.75 Å². The predicted molar refractivity (Wildman–Crippen MR) is 63.6 cm³/mol. The zero-order valence-electron chi connectivity index (χ0n) is 9.51. The molecule has 0 radical (unpaired) electrons. The van der Waals surface area contributed by atoms with E-state index < -0.39 is 6.03 Å². The van der Waals surface area contributed by atoms with Gasteiger partial charge in [0.25, 0.3) is 0 Å². The summed E-state index contributed by atoms with van der Waals surface area (Å²) in [5.74, 6) is 0.599.